The summed E-state index contributed by atoms with van der Waals surface area (Å²) in [5, 5.41) is 14.4. The maximum Gasteiger partial charge on any atom is 0.309 e. The number of carboxylic acid groups (broad SMARTS) is 1. The zero-order valence-electron chi connectivity index (χ0n) is 12.3. The van der Waals surface area contributed by atoms with Crippen molar-refractivity contribution >= 4 is 17.6 Å². The Bertz CT molecular complexity index is 505. The number of carboxylic acids is 1. The maximum atomic E-state index is 11.4. The minimum absolute atomic E-state index is 0.539. The number of halogens is 1. The standard InChI is InChI=1S/C14H22ClN3O2/c1-4-14(13(19)20)5-7-18(8-6-14)9-11-12(15)10(2)16-17(11)3/h4-9H2,1-3H3,(H,19,20). The van der Waals surface area contributed by atoms with Crippen LogP contribution in [-0.4, -0.2) is 38.8 Å². The van der Waals surface area contributed by atoms with Crippen LogP contribution in [0.15, 0.2) is 0 Å². The second-order valence-corrected chi connectivity index (χ2v) is 6.06. The SMILES string of the molecule is CCC1(C(=O)O)CCN(Cc2c(Cl)c(C)nn2C)CC1. The summed E-state index contributed by atoms with van der Waals surface area (Å²) in [4.78, 5) is 13.7. The van der Waals surface area contributed by atoms with Crippen molar-refractivity contribution in [3.8, 4) is 0 Å². The van der Waals surface area contributed by atoms with E-state index >= 15 is 0 Å². The van der Waals surface area contributed by atoms with Crippen molar-refractivity contribution in [2.75, 3.05) is 13.1 Å². The van der Waals surface area contributed by atoms with Gasteiger partial charge >= 0.3 is 5.97 Å². The molecule has 1 saturated heterocycles. The summed E-state index contributed by atoms with van der Waals surface area (Å²) in [6.45, 7) is 6.18. The van der Waals surface area contributed by atoms with E-state index in [9.17, 15) is 9.90 Å². The Labute approximate surface area is 124 Å². The molecular weight excluding hydrogens is 278 g/mol. The molecule has 20 heavy (non-hydrogen) atoms. The number of piperidine rings is 1. The summed E-state index contributed by atoms with van der Waals surface area (Å²) in [6.07, 6.45) is 2.10. The number of nitrogens with zero attached hydrogens (tertiary/aromatic N) is 3. The summed E-state index contributed by atoms with van der Waals surface area (Å²) in [5.41, 5.74) is 1.31. The molecule has 0 aromatic carbocycles. The van der Waals surface area contributed by atoms with Gasteiger partial charge in [0, 0.05) is 13.6 Å². The molecule has 5 nitrogen and oxygen atoms in total. The molecule has 112 valence electrons. The molecule has 0 spiro atoms. The molecule has 0 saturated carbocycles. The largest absolute Gasteiger partial charge is 0.481 e. The molecular formula is C14H22ClN3O2. The number of hydrogen-bond donors (Lipinski definition) is 1. The number of likely N-dealkylation sites (tertiary alicyclic amines) is 1. The smallest absolute Gasteiger partial charge is 0.309 e. The molecule has 0 amide bonds. The molecule has 6 heteroatoms. The van der Waals surface area contributed by atoms with Gasteiger partial charge in [0.25, 0.3) is 0 Å². The molecule has 1 aliphatic rings. The van der Waals surface area contributed by atoms with Crippen LogP contribution in [-0.2, 0) is 18.4 Å². The summed E-state index contributed by atoms with van der Waals surface area (Å²) in [5.74, 6) is -0.658. The van der Waals surface area contributed by atoms with Gasteiger partial charge in [0.15, 0.2) is 0 Å². The van der Waals surface area contributed by atoms with Crippen LogP contribution in [0.25, 0.3) is 0 Å². The predicted molar refractivity (Wildman–Crippen MR) is 77.8 cm³/mol. The molecule has 1 N–H and O–H groups in total. The number of aliphatic carboxylic acids is 1. The summed E-state index contributed by atoms with van der Waals surface area (Å²) < 4.78 is 1.82. The van der Waals surface area contributed by atoms with Crippen molar-refractivity contribution < 1.29 is 9.90 Å². The third kappa shape index (κ3) is 2.69. The highest BCUT2D eigenvalue weighted by atomic mass is 35.5. The van der Waals surface area contributed by atoms with Crippen LogP contribution in [0.1, 0.15) is 37.6 Å². The Hall–Kier alpha value is -1.07. The van der Waals surface area contributed by atoms with Gasteiger partial charge in [0.2, 0.25) is 0 Å². The maximum absolute atomic E-state index is 11.4. The Balaban J connectivity index is 2.03. The first-order chi connectivity index (χ1) is 9.39. The first kappa shape index (κ1) is 15.3. The zero-order chi connectivity index (χ0) is 14.9. The number of carbonyl (C=O) groups is 1. The highest BCUT2D eigenvalue weighted by Gasteiger charge is 2.39. The first-order valence-corrected chi connectivity index (χ1v) is 7.41. The van der Waals surface area contributed by atoms with E-state index in [-0.39, 0.29) is 0 Å². The molecule has 2 rings (SSSR count). The van der Waals surface area contributed by atoms with E-state index in [1.807, 2.05) is 25.6 Å². The molecule has 0 radical (unpaired) electrons. The van der Waals surface area contributed by atoms with E-state index in [1.54, 1.807) is 0 Å². The molecule has 1 aliphatic heterocycles. The summed E-state index contributed by atoms with van der Waals surface area (Å²) >= 11 is 6.26. The van der Waals surface area contributed by atoms with Gasteiger partial charge in [-0.05, 0) is 39.3 Å². The number of rotatable bonds is 4. The van der Waals surface area contributed by atoms with Crippen LogP contribution < -0.4 is 0 Å². The number of aromatic nitrogens is 2. The Morgan fingerprint density at radius 3 is 2.45 bits per heavy atom. The third-order valence-electron chi connectivity index (χ3n) is 4.58. The van der Waals surface area contributed by atoms with Crippen molar-refractivity contribution in [1.29, 1.82) is 0 Å². The van der Waals surface area contributed by atoms with Crippen molar-refractivity contribution in [2.45, 2.75) is 39.7 Å². The van der Waals surface area contributed by atoms with Gasteiger partial charge in [-0.3, -0.25) is 14.4 Å². The molecule has 0 aliphatic carbocycles. The lowest BCUT2D eigenvalue weighted by molar-refractivity contribution is -0.152. The summed E-state index contributed by atoms with van der Waals surface area (Å²) in [7, 11) is 1.89. The monoisotopic (exact) mass is 299 g/mol. The first-order valence-electron chi connectivity index (χ1n) is 7.03. The van der Waals surface area contributed by atoms with Gasteiger partial charge in [-0.15, -0.1) is 0 Å². The van der Waals surface area contributed by atoms with Gasteiger partial charge in [-0.2, -0.15) is 5.10 Å². The Morgan fingerprint density at radius 1 is 1.45 bits per heavy atom. The zero-order valence-corrected chi connectivity index (χ0v) is 13.1. The lowest BCUT2D eigenvalue weighted by atomic mass is 9.76. The number of aryl methyl sites for hydroxylation is 2. The highest BCUT2D eigenvalue weighted by molar-refractivity contribution is 6.31. The van der Waals surface area contributed by atoms with Crippen LogP contribution in [0.5, 0.6) is 0 Å². The molecule has 0 bridgehead atoms. The molecule has 1 fully saturated rings. The van der Waals surface area contributed by atoms with Crippen LogP contribution in [0.3, 0.4) is 0 Å². The van der Waals surface area contributed by atoms with Gasteiger partial charge in [0.05, 0.1) is 21.8 Å². The van der Waals surface area contributed by atoms with Crippen molar-refractivity contribution in [2.24, 2.45) is 12.5 Å². The lowest BCUT2D eigenvalue weighted by Crippen LogP contribution is -2.43. The van der Waals surface area contributed by atoms with Gasteiger partial charge < -0.3 is 5.11 Å². The Kier molecular flexibility index (Phi) is 4.39. The van der Waals surface area contributed by atoms with E-state index in [2.05, 4.69) is 10.00 Å². The molecule has 0 unspecified atom stereocenters. The van der Waals surface area contributed by atoms with Crippen molar-refractivity contribution in [3.05, 3.63) is 16.4 Å². The average molecular weight is 300 g/mol. The van der Waals surface area contributed by atoms with E-state index < -0.39 is 11.4 Å². The third-order valence-corrected chi connectivity index (χ3v) is 5.07. The van der Waals surface area contributed by atoms with Gasteiger partial charge in [0.1, 0.15) is 0 Å². The topological polar surface area (TPSA) is 58.4 Å². The Morgan fingerprint density at radius 2 is 2.05 bits per heavy atom. The highest BCUT2D eigenvalue weighted by Crippen LogP contribution is 2.36. The van der Waals surface area contributed by atoms with E-state index in [1.165, 1.54) is 0 Å². The van der Waals surface area contributed by atoms with E-state index in [0.29, 0.717) is 19.3 Å². The summed E-state index contributed by atoms with van der Waals surface area (Å²) in [6, 6.07) is 0. The van der Waals surface area contributed by atoms with Crippen LogP contribution in [0, 0.1) is 12.3 Å². The minimum Gasteiger partial charge on any atom is -0.481 e. The fourth-order valence-corrected chi connectivity index (χ4v) is 3.14. The van der Waals surface area contributed by atoms with E-state index in [0.717, 1.165) is 36.0 Å². The normalized spacial score (nSPS) is 19.2. The minimum atomic E-state index is -0.658. The fourth-order valence-electron chi connectivity index (χ4n) is 2.92. The van der Waals surface area contributed by atoms with Crippen LogP contribution in [0.4, 0.5) is 0 Å². The van der Waals surface area contributed by atoms with Crippen molar-refractivity contribution in [1.82, 2.24) is 14.7 Å². The van der Waals surface area contributed by atoms with E-state index in [4.69, 9.17) is 11.6 Å². The molecule has 1 aromatic heterocycles. The van der Waals surface area contributed by atoms with Gasteiger partial charge in [-0.25, -0.2) is 0 Å². The van der Waals surface area contributed by atoms with Gasteiger partial charge in [-0.1, -0.05) is 18.5 Å². The lowest BCUT2D eigenvalue weighted by Gasteiger charge is -2.38. The predicted octanol–water partition coefficient (Wildman–Crippen LogP) is 2.46. The molecule has 1 aromatic rings. The van der Waals surface area contributed by atoms with Crippen molar-refractivity contribution in [3.63, 3.8) is 0 Å². The van der Waals surface area contributed by atoms with Crippen LogP contribution in [0.2, 0.25) is 5.02 Å². The molecule has 0 atom stereocenters. The number of hydrogen-bond acceptors (Lipinski definition) is 3. The average Bonchev–Trinajstić information content (AvgIpc) is 2.66. The van der Waals surface area contributed by atoms with Crippen LogP contribution >= 0.6 is 11.6 Å². The quantitative estimate of drug-likeness (QED) is 0.928. The molecule has 2 heterocycles. The fraction of sp³-hybridized carbons (Fsp3) is 0.714. The second-order valence-electron chi connectivity index (χ2n) is 5.68. The second kappa shape index (κ2) is 5.74.